The molecule has 0 saturated heterocycles. The molecular weight excluding hydrogens is 216 g/mol. The number of quaternary nitrogens is 1. The van der Waals surface area contributed by atoms with Crippen LogP contribution in [0.15, 0.2) is 24.3 Å². The molecule has 4 heteroatoms. The molecule has 0 aliphatic heterocycles. The average Bonchev–Trinajstić information content (AvgIpc) is 2.29. The number of nitrogens with two attached hydrogens (primary N) is 1. The van der Waals surface area contributed by atoms with E-state index in [9.17, 15) is 4.79 Å². The Hall–Kier alpha value is -1.39. The van der Waals surface area contributed by atoms with Crippen molar-refractivity contribution in [2.75, 3.05) is 18.4 Å². The Morgan fingerprint density at radius 1 is 1.41 bits per heavy atom. The molecule has 4 N–H and O–H groups in total. The van der Waals surface area contributed by atoms with Gasteiger partial charge in [-0.25, -0.2) is 0 Å². The predicted octanol–water partition coefficient (Wildman–Crippen LogP) is 0.132. The first-order valence-electron chi connectivity index (χ1n) is 6.00. The highest BCUT2D eigenvalue weighted by Gasteiger charge is 2.05. The molecule has 0 saturated carbocycles. The zero-order valence-electron chi connectivity index (χ0n) is 10.4. The van der Waals surface area contributed by atoms with Crippen molar-refractivity contribution in [3.63, 3.8) is 0 Å². The molecule has 1 rings (SSSR count). The van der Waals surface area contributed by atoms with Gasteiger partial charge >= 0.3 is 0 Å². The van der Waals surface area contributed by atoms with Crippen molar-refractivity contribution >= 4 is 11.6 Å². The van der Waals surface area contributed by atoms with Gasteiger partial charge < -0.3 is 15.7 Å². The molecule has 17 heavy (non-hydrogen) atoms. The second-order valence-electron chi connectivity index (χ2n) is 4.18. The van der Waals surface area contributed by atoms with Gasteiger partial charge in [0.2, 0.25) is 0 Å². The predicted molar refractivity (Wildman–Crippen MR) is 67.8 cm³/mol. The number of hydrogen-bond acceptors (Lipinski definition) is 2. The lowest BCUT2D eigenvalue weighted by atomic mass is 10.1. The molecule has 0 heterocycles. The standard InChI is InChI=1S/C13H20N2O2/c1-3-11-4-6-12(7-5-11)15-13(17)9-14-8-10(2)16/h4-7,10,14,16H,3,8-9H2,1-2H3,(H,15,17)/p+1/t10-/m1/s1. The maximum Gasteiger partial charge on any atom is 0.279 e. The van der Waals surface area contributed by atoms with E-state index in [0.29, 0.717) is 13.1 Å². The fourth-order valence-corrected chi connectivity index (χ4v) is 1.49. The highest BCUT2D eigenvalue weighted by molar-refractivity contribution is 5.91. The van der Waals surface area contributed by atoms with E-state index < -0.39 is 0 Å². The van der Waals surface area contributed by atoms with Crippen LogP contribution in [-0.2, 0) is 11.2 Å². The summed E-state index contributed by atoms with van der Waals surface area (Å²) in [6.45, 7) is 4.68. The summed E-state index contributed by atoms with van der Waals surface area (Å²) >= 11 is 0. The number of carbonyl (C=O) groups is 1. The minimum atomic E-state index is -0.383. The Morgan fingerprint density at radius 2 is 2.06 bits per heavy atom. The summed E-state index contributed by atoms with van der Waals surface area (Å²) in [6, 6.07) is 7.83. The smallest absolute Gasteiger partial charge is 0.279 e. The zero-order valence-corrected chi connectivity index (χ0v) is 10.4. The van der Waals surface area contributed by atoms with Crippen molar-refractivity contribution in [2.24, 2.45) is 0 Å². The van der Waals surface area contributed by atoms with Crippen LogP contribution in [0.2, 0.25) is 0 Å². The first-order chi connectivity index (χ1) is 8.11. The van der Waals surface area contributed by atoms with Crippen LogP contribution < -0.4 is 10.6 Å². The minimum absolute atomic E-state index is 0.0464. The number of carbonyl (C=O) groups excluding carboxylic acids is 1. The molecule has 0 spiro atoms. The molecule has 0 aromatic heterocycles. The number of aryl methyl sites for hydroxylation is 1. The Kier molecular flexibility index (Phi) is 5.66. The summed E-state index contributed by atoms with van der Waals surface area (Å²) in [5, 5.41) is 13.7. The fourth-order valence-electron chi connectivity index (χ4n) is 1.49. The number of hydrogen-bond donors (Lipinski definition) is 3. The molecule has 0 radical (unpaired) electrons. The number of aliphatic hydroxyl groups is 1. The van der Waals surface area contributed by atoms with E-state index in [2.05, 4.69) is 12.2 Å². The Morgan fingerprint density at radius 3 is 2.59 bits per heavy atom. The lowest BCUT2D eigenvalue weighted by Crippen LogP contribution is -2.88. The summed E-state index contributed by atoms with van der Waals surface area (Å²) in [5.41, 5.74) is 2.07. The zero-order chi connectivity index (χ0) is 12.7. The van der Waals surface area contributed by atoms with Gasteiger partial charge in [-0.3, -0.25) is 4.79 Å². The third kappa shape index (κ3) is 5.47. The maximum atomic E-state index is 11.5. The van der Waals surface area contributed by atoms with Crippen molar-refractivity contribution < 1.29 is 15.2 Å². The molecule has 4 nitrogen and oxygen atoms in total. The highest BCUT2D eigenvalue weighted by Crippen LogP contribution is 2.09. The second-order valence-corrected chi connectivity index (χ2v) is 4.18. The molecular formula is C13H21N2O2+. The van der Waals surface area contributed by atoms with E-state index in [1.54, 1.807) is 12.2 Å². The Balaban J connectivity index is 2.34. The van der Waals surface area contributed by atoms with Crippen molar-refractivity contribution in [1.82, 2.24) is 0 Å². The number of aliphatic hydroxyl groups excluding tert-OH is 1. The largest absolute Gasteiger partial charge is 0.388 e. The fraction of sp³-hybridized carbons (Fsp3) is 0.462. The minimum Gasteiger partial charge on any atom is -0.388 e. The number of anilines is 1. The van der Waals surface area contributed by atoms with Gasteiger partial charge in [-0.15, -0.1) is 0 Å². The average molecular weight is 237 g/mol. The van der Waals surface area contributed by atoms with Crippen LogP contribution in [0.3, 0.4) is 0 Å². The third-order valence-electron chi connectivity index (χ3n) is 2.48. The van der Waals surface area contributed by atoms with Gasteiger partial charge in [0.15, 0.2) is 6.54 Å². The molecule has 0 unspecified atom stereocenters. The maximum absolute atomic E-state index is 11.5. The molecule has 0 bridgehead atoms. The van der Waals surface area contributed by atoms with Crippen molar-refractivity contribution in [1.29, 1.82) is 0 Å². The van der Waals surface area contributed by atoms with Gasteiger partial charge in [0.05, 0.1) is 6.10 Å². The summed E-state index contributed by atoms with van der Waals surface area (Å²) in [4.78, 5) is 11.5. The lowest BCUT2D eigenvalue weighted by molar-refractivity contribution is -0.649. The van der Waals surface area contributed by atoms with E-state index >= 15 is 0 Å². The van der Waals surface area contributed by atoms with E-state index in [1.807, 2.05) is 24.3 Å². The number of amides is 1. The molecule has 1 amide bonds. The number of benzene rings is 1. The monoisotopic (exact) mass is 237 g/mol. The molecule has 1 atom stereocenters. The highest BCUT2D eigenvalue weighted by atomic mass is 16.3. The quantitative estimate of drug-likeness (QED) is 0.658. The first kappa shape index (κ1) is 13.7. The van der Waals surface area contributed by atoms with Gasteiger partial charge in [0.25, 0.3) is 5.91 Å². The summed E-state index contributed by atoms with van der Waals surface area (Å²) in [7, 11) is 0. The van der Waals surface area contributed by atoms with Crippen LogP contribution >= 0.6 is 0 Å². The van der Waals surface area contributed by atoms with E-state index in [4.69, 9.17) is 5.11 Å². The molecule has 0 aliphatic carbocycles. The van der Waals surface area contributed by atoms with Crippen LogP contribution in [0.5, 0.6) is 0 Å². The Labute approximate surface area is 102 Å². The lowest BCUT2D eigenvalue weighted by Gasteiger charge is -2.06. The van der Waals surface area contributed by atoms with Gasteiger partial charge in [-0.1, -0.05) is 19.1 Å². The van der Waals surface area contributed by atoms with Crippen LogP contribution in [0.4, 0.5) is 5.69 Å². The van der Waals surface area contributed by atoms with E-state index in [-0.39, 0.29) is 12.0 Å². The summed E-state index contributed by atoms with van der Waals surface area (Å²) < 4.78 is 0. The number of rotatable bonds is 6. The number of nitrogens with one attached hydrogen (secondary N) is 1. The van der Waals surface area contributed by atoms with Gasteiger partial charge in [-0.2, -0.15) is 0 Å². The molecule has 1 aromatic rings. The van der Waals surface area contributed by atoms with Crippen molar-refractivity contribution in [3.05, 3.63) is 29.8 Å². The second kappa shape index (κ2) is 7.04. The van der Waals surface area contributed by atoms with Crippen LogP contribution in [0, 0.1) is 0 Å². The van der Waals surface area contributed by atoms with Gasteiger partial charge in [0, 0.05) is 5.69 Å². The molecule has 94 valence electrons. The Bertz CT molecular complexity index is 347. The summed E-state index contributed by atoms with van der Waals surface area (Å²) in [6.07, 6.45) is 0.614. The molecule has 0 fully saturated rings. The van der Waals surface area contributed by atoms with Crippen molar-refractivity contribution in [2.45, 2.75) is 26.4 Å². The van der Waals surface area contributed by atoms with Gasteiger partial charge in [0.1, 0.15) is 6.54 Å². The first-order valence-corrected chi connectivity index (χ1v) is 6.00. The third-order valence-corrected chi connectivity index (χ3v) is 2.48. The van der Waals surface area contributed by atoms with E-state index in [1.165, 1.54) is 5.56 Å². The van der Waals surface area contributed by atoms with Crippen LogP contribution in [0.1, 0.15) is 19.4 Å². The molecule has 1 aromatic carbocycles. The topological polar surface area (TPSA) is 65.9 Å². The normalized spacial score (nSPS) is 12.2. The molecule has 0 aliphatic rings. The summed E-state index contributed by atoms with van der Waals surface area (Å²) in [5.74, 6) is -0.0464. The van der Waals surface area contributed by atoms with E-state index in [0.717, 1.165) is 12.1 Å². The van der Waals surface area contributed by atoms with Crippen molar-refractivity contribution in [3.8, 4) is 0 Å². The van der Waals surface area contributed by atoms with Gasteiger partial charge in [-0.05, 0) is 31.0 Å². The SMILES string of the molecule is CCc1ccc(NC(=O)C[NH2+]C[C@@H](C)O)cc1. The van der Waals surface area contributed by atoms with Crippen LogP contribution in [-0.4, -0.2) is 30.2 Å². The van der Waals surface area contributed by atoms with Crippen LogP contribution in [0.25, 0.3) is 0 Å².